The van der Waals surface area contributed by atoms with E-state index in [1.54, 1.807) is 0 Å². The highest BCUT2D eigenvalue weighted by Crippen LogP contribution is 2.46. The quantitative estimate of drug-likeness (QED) is 0.849. The van der Waals surface area contributed by atoms with E-state index in [0.29, 0.717) is 5.75 Å². The fraction of sp³-hybridized carbons (Fsp3) is 0.100. The van der Waals surface area contributed by atoms with Crippen molar-refractivity contribution >= 4 is 17.4 Å². The Morgan fingerprint density at radius 2 is 2.18 bits per heavy atom. The van der Waals surface area contributed by atoms with Crippen LogP contribution >= 0.6 is 11.6 Å². The molecule has 7 heteroatoms. The fourth-order valence-electron chi connectivity index (χ4n) is 1.62. The van der Waals surface area contributed by atoms with Crippen LogP contribution in [0.5, 0.6) is 11.5 Å². The molecule has 88 valence electrons. The summed E-state index contributed by atoms with van der Waals surface area (Å²) in [5, 5.41) is 3.40. The summed E-state index contributed by atoms with van der Waals surface area (Å²) in [7, 11) is 0. The molecule has 1 aromatic heterocycles. The van der Waals surface area contributed by atoms with Gasteiger partial charge < -0.3 is 19.7 Å². The molecule has 2 aromatic rings. The summed E-state index contributed by atoms with van der Waals surface area (Å²) >= 11 is 5.75. The smallest absolute Gasteiger partial charge is 0.231 e. The van der Waals surface area contributed by atoms with Gasteiger partial charge in [0.1, 0.15) is 5.56 Å². The highest BCUT2D eigenvalue weighted by Gasteiger charge is 2.27. The molecule has 3 rings (SSSR count). The van der Waals surface area contributed by atoms with Gasteiger partial charge in [-0.1, -0.05) is 16.8 Å². The monoisotopic (exact) mass is 256 g/mol. The summed E-state index contributed by atoms with van der Waals surface area (Å²) in [5.41, 5.74) is 5.48. The average Bonchev–Trinajstić information content (AvgIpc) is 2.89. The maximum Gasteiger partial charge on any atom is 0.231 e. The van der Waals surface area contributed by atoms with Gasteiger partial charge >= 0.3 is 0 Å². The zero-order chi connectivity index (χ0) is 12.0. The maximum absolute atomic E-state index is 14.0. The molecule has 2 N–H and O–H groups in total. The summed E-state index contributed by atoms with van der Waals surface area (Å²) in [5.74, 6) is 0.229. The maximum atomic E-state index is 14.0. The summed E-state index contributed by atoms with van der Waals surface area (Å²) in [4.78, 5) is 0. The van der Waals surface area contributed by atoms with Gasteiger partial charge in [0.05, 0.1) is 5.02 Å². The Labute approximate surface area is 99.8 Å². The molecular weight excluding hydrogens is 251 g/mol. The van der Waals surface area contributed by atoms with Gasteiger partial charge in [-0.05, 0) is 0 Å². The van der Waals surface area contributed by atoms with Gasteiger partial charge in [0.15, 0.2) is 28.9 Å². The average molecular weight is 257 g/mol. The van der Waals surface area contributed by atoms with Crippen molar-refractivity contribution in [1.82, 2.24) is 5.16 Å². The molecular formula is C10H6ClFN2O3. The minimum absolute atomic E-state index is 0.00569. The van der Waals surface area contributed by atoms with Crippen molar-refractivity contribution in [3.05, 3.63) is 23.0 Å². The van der Waals surface area contributed by atoms with E-state index in [0.717, 1.165) is 0 Å². The summed E-state index contributed by atoms with van der Waals surface area (Å²) in [6, 6.07) is 2.74. The molecule has 0 fully saturated rings. The van der Waals surface area contributed by atoms with Gasteiger partial charge in [-0.3, -0.25) is 0 Å². The third-order valence-corrected chi connectivity index (χ3v) is 2.61. The van der Waals surface area contributed by atoms with Gasteiger partial charge in [-0.25, -0.2) is 4.39 Å². The van der Waals surface area contributed by atoms with Crippen LogP contribution in [0.2, 0.25) is 5.02 Å². The highest BCUT2D eigenvalue weighted by molar-refractivity contribution is 6.31. The molecule has 0 spiro atoms. The number of hydrogen-bond donors (Lipinski definition) is 1. The lowest BCUT2D eigenvalue weighted by atomic mass is 10.1. The topological polar surface area (TPSA) is 70.5 Å². The number of nitrogen functional groups attached to an aromatic ring is 1. The van der Waals surface area contributed by atoms with Gasteiger partial charge in [0.25, 0.3) is 0 Å². The van der Waals surface area contributed by atoms with E-state index in [4.69, 9.17) is 31.3 Å². The minimum Gasteiger partial charge on any atom is -0.454 e. The van der Waals surface area contributed by atoms with Crippen LogP contribution in [-0.4, -0.2) is 11.9 Å². The van der Waals surface area contributed by atoms with Crippen molar-refractivity contribution in [1.29, 1.82) is 0 Å². The Kier molecular flexibility index (Phi) is 2.12. The van der Waals surface area contributed by atoms with E-state index in [2.05, 4.69) is 5.16 Å². The Balaban J connectivity index is 2.28. The first-order valence-electron chi connectivity index (χ1n) is 4.67. The second-order valence-electron chi connectivity index (χ2n) is 3.40. The fourth-order valence-corrected chi connectivity index (χ4v) is 1.81. The lowest BCUT2D eigenvalue weighted by Crippen LogP contribution is -1.94. The molecule has 17 heavy (non-hydrogen) atoms. The first-order valence-corrected chi connectivity index (χ1v) is 5.05. The molecule has 1 aliphatic heterocycles. The largest absolute Gasteiger partial charge is 0.454 e. The zero-order valence-corrected chi connectivity index (χ0v) is 9.12. The van der Waals surface area contributed by atoms with E-state index in [-0.39, 0.29) is 34.7 Å². The molecule has 5 nitrogen and oxygen atoms in total. The first kappa shape index (κ1) is 10.2. The number of nitrogens with two attached hydrogens (primary N) is 1. The number of ether oxygens (including phenoxy) is 2. The van der Waals surface area contributed by atoms with Gasteiger partial charge in [-0.2, -0.15) is 0 Å². The number of fused-ring (bicyclic) bond motifs is 1. The number of aromatic nitrogens is 1. The summed E-state index contributed by atoms with van der Waals surface area (Å²) in [6.07, 6.45) is 0. The predicted molar refractivity (Wildman–Crippen MR) is 57.4 cm³/mol. The third-order valence-electron chi connectivity index (χ3n) is 2.33. The molecule has 1 aromatic carbocycles. The SMILES string of the molecule is Nc1cc(-c2c(F)c(Cl)cc3c2OCO3)on1. The summed E-state index contributed by atoms with van der Waals surface area (Å²) in [6.45, 7) is 0.00569. The second-order valence-corrected chi connectivity index (χ2v) is 3.80. The van der Waals surface area contributed by atoms with Crippen molar-refractivity contribution in [3.63, 3.8) is 0 Å². The molecule has 2 heterocycles. The molecule has 0 saturated heterocycles. The van der Waals surface area contributed by atoms with Crippen molar-refractivity contribution in [2.45, 2.75) is 0 Å². The number of hydrogen-bond acceptors (Lipinski definition) is 5. The second kappa shape index (κ2) is 3.53. The number of anilines is 1. The lowest BCUT2D eigenvalue weighted by molar-refractivity contribution is 0.174. The van der Waals surface area contributed by atoms with E-state index >= 15 is 0 Å². The van der Waals surface area contributed by atoms with Crippen molar-refractivity contribution < 1.29 is 18.4 Å². The van der Waals surface area contributed by atoms with Crippen molar-refractivity contribution in [3.8, 4) is 22.8 Å². The number of benzene rings is 1. The van der Waals surface area contributed by atoms with Crippen LogP contribution in [0.3, 0.4) is 0 Å². The standard InChI is InChI=1S/C10H6ClFN2O3/c11-4-1-6-10(16-3-15-6)8(9(4)12)5-2-7(13)14-17-5/h1-2H,3H2,(H2,13,14). The third kappa shape index (κ3) is 1.49. The Hall–Kier alpha value is -1.95. The van der Waals surface area contributed by atoms with Crippen molar-refractivity contribution in [2.75, 3.05) is 12.5 Å². The normalized spacial score (nSPS) is 13.1. The van der Waals surface area contributed by atoms with Crippen LogP contribution in [0, 0.1) is 5.82 Å². The van der Waals surface area contributed by atoms with Crippen LogP contribution in [0.25, 0.3) is 11.3 Å². The number of rotatable bonds is 1. The predicted octanol–water partition coefficient (Wildman–Crippen LogP) is 2.45. The minimum atomic E-state index is -0.660. The zero-order valence-electron chi connectivity index (χ0n) is 8.37. The molecule has 0 saturated carbocycles. The van der Waals surface area contributed by atoms with Crippen LogP contribution in [-0.2, 0) is 0 Å². The molecule has 1 aliphatic rings. The molecule has 0 amide bonds. The van der Waals surface area contributed by atoms with Gasteiger partial charge in [-0.15, -0.1) is 0 Å². The van der Waals surface area contributed by atoms with Crippen LogP contribution in [0.1, 0.15) is 0 Å². The molecule has 0 unspecified atom stereocenters. The Bertz CT molecular complexity index is 599. The number of halogens is 2. The Morgan fingerprint density at radius 1 is 1.35 bits per heavy atom. The highest BCUT2D eigenvalue weighted by atomic mass is 35.5. The molecule has 0 bridgehead atoms. The molecule has 0 aliphatic carbocycles. The van der Waals surface area contributed by atoms with Crippen LogP contribution < -0.4 is 15.2 Å². The van der Waals surface area contributed by atoms with Crippen LogP contribution in [0.4, 0.5) is 10.2 Å². The number of nitrogens with zero attached hydrogens (tertiary/aromatic N) is 1. The van der Waals surface area contributed by atoms with Crippen LogP contribution in [0.15, 0.2) is 16.7 Å². The van der Waals surface area contributed by atoms with Gasteiger partial charge in [0, 0.05) is 12.1 Å². The molecule has 0 atom stereocenters. The first-order chi connectivity index (χ1) is 8.16. The van der Waals surface area contributed by atoms with E-state index in [1.807, 2.05) is 0 Å². The van der Waals surface area contributed by atoms with E-state index in [1.165, 1.54) is 12.1 Å². The van der Waals surface area contributed by atoms with Crippen molar-refractivity contribution in [2.24, 2.45) is 0 Å². The van der Waals surface area contributed by atoms with E-state index < -0.39 is 5.82 Å². The molecule has 0 radical (unpaired) electrons. The lowest BCUT2D eigenvalue weighted by Gasteiger charge is -2.05. The van der Waals surface area contributed by atoms with Gasteiger partial charge in [0.2, 0.25) is 6.79 Å². The van der Waals surface area contributed by atoms with E-state index in [9.17, 15) is 4.39 Å². The Morgan fingerprint density at radius 3 is 2.88 bits per heavy atom. The summed E-state index contributed by atoms with van der Waals surface area (Å²) < 4.78 is 29.2.